The first-order valence-electron chi connectivity index (χ1n) is 5.88. The van der Waals surface area contributed by atoms with Crippen molar-refractivity contribution < 1.29 is 9.90 Å². The Labute approximate surface area is 103 Å². The summed E-state index contributed by atoms with van der Waals surface area (Å²) in [5, 5.41) is 8.97. The molecule has 1 aromatic rings. The Balaban J connectivity index is 2.49. The van der Waals surface area contributed by atoms with Gasteiger partial charge in [-0.15, -0.1) is 0 Å². The third-order valence-electron chi connectivity index (χ3n) is 2.87. The number of allylic oxidation sites excluding steroid dienone is 1. The van der Waals surface area contributed by atoms with Crippen LogP contribution in [-0.2, 0) is 4.79 Å². The average Bonchev–Trinajstić information content (AvgIpc) is 2.24. The van der Waals surface area contributed by atoms with Crippen LogP contribution < -0.4 is 0 Å². The second-order valence-corrected chi connectivity index (χ2v) is 5.04. The largest absolute Gasteiger partial charge is 0.481 e. The van der Waals surface area contributed by atoms with E-state index in [9.17, 15) is 4.79 Å². The van der Waals surface area contributed by atoms with E-state index >= 15 is 0 Å². The van der Waals surface area contributed by atoms with Gasteiger partial charge in [0, 0.05) is 0 Å². The van der Waals surface area contributed by atoms with Crippen molar-refractivity contribution in [2.45, 2.75) is 33.6 Å². The molecular formula is C15H20O2. The molecule has 1 rings (SSSR count). The van der Waals surface area contributed by atoms with Gasteiger partial charge in [0.25, 0.3) is 0 Å². The second kappa shape index (κ2) is 5.67. The van der Waals surface area contributed by atoms with Gasteiger partial charge in [-0.25, -0.2) is 0 Å². The summed E-state index contributed by atoms with van der Waals surface area (Å²) in [5.41, 5.74) is 1.76. The molecule has 0 fully saturated rings. The lowest BCUT2D eigenvalue weighted by Gasteiger charge is -2.17. The smallest absolute Gasteiger partial charge is 0.309 e. The van der Waals surface area contributed by atoms with Gasteiger partial charge in [-0.3, -0.25) is 4.79 Å². The maximum Gasteiger partial charge on any atom is 0.309 e. The van der Waals surface area contributed by atoms with E-state index in [1.165, 1.54) is 5.56 Å². The van der Waals surface area contributed by atoms with Crippen LogP contribution in [0.25, 0.3) is 6.08 Å². The molecule has 0 aliphatic heterocycles. The van der Waals surface area contributed by atoms with Gasteiger partial charge >= 0.3 is 5.97 Å². The molecule has 0 radical (unpaired) electrons. The summed E-state index contributed by atoms with van der Waals surface area (Å²) < 4.78 is 0. The summed E-state index contributed by atoms with van der Waals surface area (Å²) in [6.45, 7) is 5.58. The predicted octanol–water partition coefficient (Wildman–Crippen LogP) is 3.90. The van der Waals surface area contributed by atoms with E-state index in [0.29, 0.717) is 6.42 Å². The summed E-state index contributed by atoms with van der Waals surface area (Å²) in [6, 6.07) is 8.24. The number of hydrogen-bond donors (Lipinski definition) is 1. The Bertz CT molecular complexity index is 417. The minimum absolute atomic E-state index is 0.642. The number of aryl methyl sites for hydroxylation is 1. The Kier molecular flexibility index (Phi) is 4.50. The molecule has 0 saturated heterocycles. The lowest BCUT2D eigenvalue weighted by molar-refractivity contribution is -0.147. The van der Waals surface area contributed by atoms with Gasteiger partial charge in [0.05, 0.1) is 5.41 Å². The van der Waals surface area contributed by atoms with E-state index in [4.69, 9.17) is 5.11 Å². The molecule has 0 amide bonds. The Hall–Kier alpha value is -1.57. The van der Waals surface area contributed by atoms with Crippen LogP contribution >= 0.6 is 0 Å². The average molecular weight is 232 g/mol. The molecule has 1 aromatic carbocycles. The number of carbonyl (C=O) groups is 1. The van der Waals surface area contributed by atoms with Crippen molar-refractivity contribution in [2.24, 2.45) is 5.41 Å². The van der Waals surface area contributed by atoms with Crippen molar-refractivity contribution in [3.8, 4) is 0 Å². The van der Waals surface area contributed by atoms with E-state index in [-0.39, 0.29) is 0 Å². The Morgan fingerprint density at radius 3 is 2.71 bits per heavy atom. The van der Waals surface area contributed by atoms with Crippen LogP contribution in [0.5, 0.6) is 0 Å². The molecule has 0 atom stereocenters. The highest BCUT2D eigenvalue weighted by molar-refractivity contribution is 5.73. The first-order chi connectivity index (χ1) is 7.92. The summed E-state index contributed by atoms with van der Waals surface area (Å²) in [5.74, 6) is -0.735. The van der Waals surface area contributed by atoms with Gasteiger partial charge in [-0.2, -0.15) is 0 Å². The molecule has 17 heavy (non-hydrogen) atoms. The Morgan fingerprint density at radius 1 is 1.41 bits per heavy atom. The third kappa shape index (κ3) is 4.43. The van der Waals surface area contributed by atoms with E-state index in [2.05, 4.69) is 19.1 Å². The molecular weight excluding hydrogens is 212 g/mol. The summed E-state index contributed by atoms with van der Waals surface area (Å²) in [7, 11) is 0. The molecule has 0 aliphatic carbocycles. The van der Waals surface area contributed by atoms with Crippen LogP contribution in [0.4, 0.5) is 0 Å². The van der Waals surface area contributed by atoms with E-state index in [0.717, 1.165) is 12.0 Å². The van der Waals surface area contributed by atoms with Crippen LogP contribution in [0, 0.1) is 12.3 Å². The topological polar surface area (TPSA) is 37.3 Å². The minimum atomic E-state index is -0.735. The van der Waals surface area contributed by atoms with Gasteiger partial charge in [0.15, 0.2) is 0 Å². The number of carboxylic acid groups (broad SMARTS) is 1. The zero-order valence-corrected chi connectivity index (χ0v) is 10.7. The monoisotopic (exact) mass is 232 g/mol. The first-order valence-corrected chi connectivity index (χ1v) is 5.88. The van der Waals surface area contributed by atoms with Gasteiger partial charge in [0.1, 0.15) is 0 Å². The predicted molar refractivity (Wildman–Crippen MR) is 70.9 cm³/mol. The number of benzene rings is 1. The number of carboxylic acids is 1. The van der Waals surface area contributed by atoms with Crippen molar-refractivity contribution in [2.75, 3.05) is 0 Å². The highest BCUT2D eigenvalue weighted by Crippen LogP contribution is 2.22. The molecule has 0 bridgehead atoms. The van der Waals surface area contributed by atoms with Crippen LogP contribution in [0.1, 0.15) is 37.8 Å². The van der Waals surface area contributed by atoms with Gasteiger partial charge in [-0.1, -0.05) is 42.0 Å². The normalized spacial score (nSPS) is 11.9. The maximum absolute atomic E-state index is 10.9. The highest BCUT2D eigenvalue weighted by atomic mass is 16.4. The lowest BCUT2D eigenvalue weighted by Crippen LogP contribution is -2.22. The lowest BCUT2D eigenvalue weighted by atomic mass is 9.88. The second-order valence-electron chi connectivity index (χ2n) is 5.04. The zero-order chi connectivity index (χ0) is 12.9. The van der Waals surface area contributed by atoms with E-state index in [1.807, 2.05) is 24.3 Å². The summed E-state index contributed by atoms with van der Waals surface area (Å²) in [4.78, 5) is 10.9. The maximum atomic E-state index is 10.9. The van der Waals surface area contributed by atoms with Crippen molar-refractivity contribution in [1.29, 1.82) is 0 Å². The summed E-state index contributed by atoms with van der Waals surface area (Å²) >= 11 is 0. The SMILES string of the molecule is Cc1cccc(/C=C/CCC(C)(C)C(=O)O)c1. The molecule has 0 unspecified atom stereocenters. The molecule has 92 valence electrons. The summed E-state index contributed by atoms with van der Waals surface area (Å²) in [6.07, 6.45) is 5.53. The molecule has 2 heteroatoms. The third-order valence-corrected chi connectivity index (χ3v) is 2.87. The fourth-order valence-corrected chi connectivity index (χ4v) is 1.54. The molecule has 1 N–H and O–H groups in total. The van der Waals surface area contributed by atoms with E-state index < -0.39 is 11.4 Å². The van der Waals surface area contributed by atoms with Crippen LogP contribution in [0.15, 0.2) is 30.3 Å². The van der Waals surface area contributed by atoms with E-state index in [1.54, 1.807) is 13.8 Å². The zero-order valence-electron chi connectivity index (χ0n) is 10.7. The molecule has 0 aromatic heterocycles. The number of aliphatic carboxylic acids is 1. The molecule has 0 aliphatic rings. The van der Waals surface area contributed by atoms with Gasteiger partial charge in [-0.05, 0) is 39.2 Å². The van der Waals surface area contributed by atoms with Crippen molar-refractivity contribution >= 4 is 12.0 Å². The standard InChI is InChI=1S/C15H20O2/c1-12-7-6-9-13(11-12)8-4-5-10-15(2,3)14(16)17/h4,6-9,11H,5,10H2,1-3H3,(H,16,17)/b8-4+. The highest BCUT2D eigenvalue weighted by Gasteiger charge is 2.25. The van der Waals surface area contributed by atoms with Crippen molar-refractivity contribution in [3.63, 3.8) is 0 Å². The van der Waals surface area contributed by atoms with Gasteiger partial charge in [0.2, 0.25) is 0 Å². The van der Waals surface area contributed by atoms with Crippen LogP contribution in [0.2, 0.25) is 0 Å². The van der Waals surface area contributed by atoms with Crippen LogP contribution in [0.3, 0.4) is 0 Å². The quantitative estimate of drug-likeness (QED) is 0.836. The minimum Gasteiger partial charge on any atom is -0.481 e. The van der Waals surface area contributed by atoms with Gasteiger partial charge < -0.3 is 5.11 Å². The molecule has 2 nitrogen and oxygen atoms in total. The van der Waals surface area contributed by atoms with Crippen molar-refractivity contribution in [3.05, 3.63) is 41.5 Å². The first kappa shape index (κ1) is 13.5. The van der Waals surface area contributed by atoms with Crippen LogP contribution in [-0.4, -0.2) is 11.1 Å². The Morgan fingerprint density at radius 2 is 2.12 bits per heavy atom. The molecule has 0 heterocycles. The fraction of sp³-hybridized carbons (Fsp3) is 0.400. The molecule has 0 saturated carbocycles. The number of hydrogen-bond acceptors (Lipinski definition) is 1. The fourth-order valence-electron chi connectivity index (χ4n) is 1.54. The van der Waals surface area contributed by atoms with Crippen molar-refractivity contribution in [1.82, 2.24) is 0 Å². The number of rotatable bonds is 5. The molecule has 0 spiro atoms.